The van der Waals surface area contributed by atoms with Gasteiger partial charge >= 0.3 is 0 Å². The molecule has 1 rings (SSSR count). The van der Waals surface area contributed by atoms with E-state index in [0.717, 1.165) is 11.4 Å². The van der Waals surface area contributed by atoms with Crippen LogP contribution in [0.3, 0.4) is 0 Å². The predicted octanol–water partition coefficient (Wildman–Crippen LogP) is 0.878. The van der Waals surface area contributed by atoms with Gasteiger partial charge in [0, 0.05) is 25.0 Å². The lowest BCUT2D eigenvalue weighted by molar-refractivity contribution is 0.581. The third-order valence-corrected chi connectivity index (χ3v) is 3.89. The molecule has 0 saturated carbocycles. The maximum Gasteiger partial charge on any atom is 0.191 e. The number of nitrogens with one attached hydrogen (secondary N) is 2. The van der Waals surface area contributed by atoms with E-state index < -0.39 is 9.84 Å². The van der Waals surface area contributed by atoms with Crippen molar-refractivity contribution in [2.24, 2.45) is 4.99 Å². The maximum atomic E-state index is 11.2. The highest BCUT2D eigenvalue weighted by Gasteiger charge is 2.09. The van der Waals surface area contributed by atoms with Gasteiger partial charge in [-0.25, -0.2) is 8.42 Å². The Hall–Kier alpha value is -1.63. The largest absolute Gasteiger partial charge is 0.354 e. The molecule has 1 aromatic heterocycles. The molecule has 0 radical (unpaired) electrons. The smallest absolute Gasteiger partial charge is 0.191 e. The first-order valence-corrected chi connectivity index (χ1v) is 8.93. The minimum Gasteiger partial charge on any atom is -0.354 e. The summed E-state index contributed by atoms with van der Waals surface area (Å²) < 4.78 is 22.3. The van der Waals surface area contributed by atoms with Crippen LogP contribution in [-0.4, -0.2) is 44.5 Å². The van der Waals surface area contributed by atoms with Crippen LogP contribution in [0.2, 0.25) is 0 Å². The van der Waals surface area contributed by atoms with Crippen LogP contribution in [0.15, 0.2) is 23.2 Å². The summed E-state index contributed by atoms with van der Waals surface area (Å²) in [4.78, 5) is 8.53. The van der Waals surface area contributed by atoms with Gasteiger partial charge in [0.05, 0.1) is 18.0 Å². The number of aliphatic imine (C=N–C) groups is 1. The Morgan fingerprint density at radius 3 is 2.71 bits per heavy atom. The van der Waals surface area contributed by atoms with Crippen LogP contribution >= 0.6 is 0 Å². The SMILES string of the molecule is CN=C(NCc1cccc(C)n1)NC(C)CCS(C)(=O)=O. The van der Waals surface area contributed by atoms with Crippen LogP contribution in [0, 0.1) is 6.92 Å². The second-order valence-corrected chi connectivity index (χ2v) is 7.42. The molecule has 1 aromatic rings. The average molecular weight is 312 g/mol. The number of aryl methyl sites for hydroxylation is 1. The minimum absolute atomic E-state index is 0.0244. The molecule has 0 bridgehead atoms. The lowest BCUT2D eigenvalue weighted by Crippen LogP contribution is -2.42. The molecule has 0 aliphatic heterocycles. The molecule has 0 aliphatic carbocycles. The fourth-order valence-electron chi connectivity index (χ4n) is 1.76. The third-order valence-electron chi connectivity index (χ3n) is 2.91. The zero-order chi connectivity index (χ0) is 15.9. The molecule has 0 amide bonds. The Bertz CT molecular complexity index is 584. The summed E-state index contributed by atoms with van der Waals surface area (Å²) in [7, 11) is -1.25. The van der Waals surface area contributed by atoms with Gasteiger partial charge in [-0.1, -0.05) is 6.07 Å². The molecule has 0 fully saturated rings. The fraction of sp³-hybridized carbons (Fsp3) is 0.571. The summed E-state index contributed by atoms with van der Waals surface area (Å²) in [5.74, 6) is 0.803. The molecule has 0 spiro atoms. The fourth-order valence-corrected chi connectivity index (χ4v) is 2.54. The summed E-state index contributed by atoms with van der Waals surface area (Å²) in [5.41, 5.74) is 1.90. The van der Waals surface area contributed by atoms with Crippen LogP contribution in [0.1, 0.15) is 24.7 Å². The maximum absolute atomic E-state index is 11.2. The van der Waals surface area contributed by atoms with E-state index in [-0.39, 0.29) is 11.8 Å². The number of hydrogen-bond acceptors (Lipinski definition) is 4. The van der Waals surface area contributed by atoms with Gasteiger partial charge in [-0.2, -0.15) is 0 Å². The first-order valence-electron chi connectivity index (χ1n) is 6.87. The van der Waals surface area contributed by atoms with Crippen LogP contribution in [0.4, 0.5) is 0 Å². The molecule has 118 valence electrons. The van der Waals surface area contributed by atoms with Gasteiger partial charge in [-0.05, 0) is 32.4 Å². The Morgan fingerprint density at radius 1 is 1.43 bits per heavy atom. The van der Waals surface area contributed by atoms with Gasteiger partial charge in [0.2, 0.25) is 0 Å². The Morgan fingerprint density at radius 2 is 2.14 bits per heavy atom. The van der Waals surface area contributed by atoms with Gasteiger partial charge < -0.3 is 10.6 Å². The number of hydrogen-bond donors (Lipinski definition) is 2. The summed E-state index contributed by atoms with van der Waals surface area (Å²) in [6, 6.07) is 5.88. The van der Waals surface area contributed by atoms with E-state index in [4.69, 9.17) is 0 Å². The van der Waals surface area contributed by atoms with Crippen LogP contribution in [0.25, 0.3) is 0 Å². The summed E-state index contributed by atoms with van der Waals surface area (Å²) in [6.45, 7) is 4.45. The van der Waals surface area contributed by atoms with Gasteiger partial charge in [-0.15, -0.1) is 0 Å². The quantitative estimate of drug-likeness (QED) is 0.602. The first kappa shape index (κ1) is 17.4. The topological polar surface area (TPSA) is 83.4 Å². The molecule has 0 aromatic carbocycles. The molecule has 1 atom stereocenters. The van der Waals surface area contributed by atoms with Crippen molar-refractivity contribution in [3.63, 3.8) is 0 Å². The molecular weight excluding hydrogens is 288 g/mol. The van der Waals surface area contributed by atoms with Crippen molar-refractivity contribution in [1.82, 2.24) is 15.6 Å². The van der Waals surface area contributed by atoms with Crippen LogP contribution in [-0.2, 0) is 16.4 Å². The van der Waals surface area contributed by atoms with E-state index in [1.165, 1.54) is 6.26 Å². The lowest BCUT2D eigenvalue weighted by atomic mass is 10.2. The van der Waals surface area contributed by atoms with Crippen molar-refractivity contribution >= 4 is 15.8 Å². The first-order chi connectivity index (χ1) is 9.80. The lowest BCUT2D eigenvalue weighted by Gasteiger charge is -2.17. The van der Waals surface area contributed by atoms with Crippen molar-refractivity contribution in [1.29, 1.82) is 0 Å². The van der Waals surface area contributed by atoms with Gasteiger partial charge in [0.15, 0.2) is 5.96 Å². The Balaban J connectivity index is 2.45. The van der Waals surface area contributed by atoms with E-state index in [0.29, 0.717) is 18.9 Å². The second kappa shape index (κ2) is 7.97. The summed E-state index contributed by atoms with van der Waals surface area (Å²) in [6.07, 6.45) is 1.79. The number of nitrogens with zero attached hydrogens (tertiary/aromatic N) is 2. The number of sulfone groups is 1. The molecule has 2 N–H and O–H groups in total. The summed E-state index contributed by atoms with van der Waals surface area (Å²) >= 11 is 0. The Kier molecular flexibility index (Phi) is 6.61. The van der Waals surface area contributed by atoms with Crippen molar-refractivity contribution < 1.29 is 8.42 Å². The van der Waals surface area contributed by atoms with E-state index in [9.17, 15) is 8.42 Å². The number of aromatic nitrogens is 1. The van der Waals surface area contributed by atoms with Crippen molar-refractivity contribution in [3.05, 3.63) is 29.6 Å². The molecule has 6 nitrogen and oxygen atoms in total. The summed E-state index contributed by atoms with van der Waals surface area (Å²) in [5, 5.41) is 6.34. The minimum atomic E-state index is -2.93. The van der Waals surface area contributed by atoms with Crippen molar-refractivity contribution in [2.75, 3.05) is 19.1 Å². The van der Waals surface area contributed by atoms with Crippen molar-refractivity contribution in [2.45, 2.75) is 32.9 Å². The van der Waals surface area contributed by atoms with Gasteiger partial charge in [0.1, 0.15) is 9.84 Å². The standard InChI is InChI=1S/C14H24N4O2S/c1-11-6-5-7-13(17-11)10-16-14(15-3)18-12(2)8-9-21(4,19)20/h5-7,12H,8-10H2,1-4H3,(H2,15,16,18). The highest BCUT2D eigenvalue weighted by molar-refractivity contribution is 7.90. The molecule has 0 saturated heterocycles. The van der Waals surface area contributed by atoms with E-state index in [1.54, 1.807) is 7.05 Å². The molecule has 1 heterocycles. The molecule has 0 aliphatic rings. The zero-order valence-corrected chi connectivity index (χ0v) is 13.9. The molecule has 1 unspecified atom stereocenters. The highest BCUT2D eigenvalue weighted by Crippen LogP contribution is 1.98. The monoisotopic (exact) mass is 312 g/mol. The number of pyridine rings is 1. The molecular formula is C14H24N4O2S. The molecule has 7 heteroatoms. The second-order valence-electron chi connectivity index (χ2n) is 5.16. The van der Waals surface area contributed by atoms with E-state index >= 15 is 0 Å². The predicted molar refractivity (Wildman–Crippen MR) is 86.1 cm³/mol. The van der Waals surface area contributed by atoms with Gasteiger partial charge in [-0.3, -0.25) is 9.98 Å². The van der Waals surface area contributed by atoms with Crippen molar-refractivity contribution in [3.8, 4) is 0 Å². The zero-order valence-electron chi connectivity index (χ0n) is 13.0. The average Bonchev–Trinajstić information content (AvgIpc) is 2.40. The number of rotatable bonds is 6. The van der Waals surface area contributed by atoms with Gasteiger partial charge in [0.25, 0.3) is 0 Å². The molecule has 21 heavy (non-hydrogen) atoms. The van der Waals surface area contributed by atoms with E-state index in [1.807, 2.05) is 32.0 Å². The Labute approximate surface area is 127 Å². The van der Waals surface area contributed by atoms with Crippen LogP contribution < -0.4 is 10.6 Å². The number of guanidine groups is 1. The highest BCUT2D eigenvalue weighted by atomic mass is 32.2. The third kappa shape index (κ3) is 7.65. The van der Waals surface area contributed by atoms with Crippen LogP contribution in [0.5, 0.6) is 0 Å². The normalized spacial score (nSPS) is 13.8. The van der Waals surface area contributed by atoms with E-state index in [2.05, 4.69) is 20.6 Å².